The molecule has 2 aromatic rings. The molecule has 0 radical (unpaired) electrons. The van der Waals surface area contributed by atoms with Crippen molar-refractivity contribution >= 4 is 5.91 Å². The molecule has 3 rings (SSSR count). The van der Waals surface area contributed by atoms with Crippen molar-refractivity contribution in [2.24, 2.45) is 0 Å². The zero-order valence-electron chi connectivity index (χ0n) is 22.1. The van der Waals surface area contributed by atoms with Crippen LogP contribution in [0.25, 0.3) is 0 Å². The van der Waals surface area contributed by atoms with Crippen LogP contribution in [0.2, 0.25) is 0 Å². The van der Waals surface area contributed by atoms with Crippen molar-refractivity contribution in [2.75, 3.05) is 40.0 Å². The zero-order chi connectivity index (χ0) is 26.5. The maximum Gasteiger partial charge on any atom is 0.223 e. The molecule has 0 aromatic heterocycles. The van der Waals surface area contributed by atoms with E-state index in [1.165, 1.54) is 12.8 Å². The van der Waals surface area contributed by atoms with Gasteiger partial charge < -0.3 is 29.7 Å². The quantitative estimate of drug-likeness (QED) is 0.294. The second kappa shape index (κ2) is 15.4. The van der Waals surface area contributed by atoms with Gasteiger partial charge in [0.1, 0.15) is 23.4 Å². The Balaban J connectivity index is 1.54. The second-order valence-corrected chi connectivity index (χ2v) is 9.57. The number of benzene rings is 2. The molecule has 3 N–H and O–H groups in total. The Kier molecular flexibility index (Phi) is 12.0. The lowest BCUT2D eigenvalue weighted by Crippen LogP contribution is -2.47. The van der Waals surface area contributed by atoms with Gasteiger partial charge in [0, 0.05) is 19.6 Å². The average Bonchev–Trinajstić information content (AvgIpc) is 3.33. The SMILES string of the molecule is CCCCCCOc1ccc(C(O)C(CN2CCC(O)C2)NC(=O)CCOc2ccc(OC)cc2)cc1. The normalized spacial score (nSPS) is 17.2. The van der Waals surface area contributed by atoms with Gasteiger partial charge in [-0.15, -0.1) is 0 Å². The number of methoxy groups -OCH3 is 1. The molecule has 0 saturated carbocycles. The van der Waals surface area contributed by atoms with Crippen molar-refractivity contribution in [3.8, 4) is 17.2 Å². The Labute approximate surface area is 220 Å². The molecule has 8 nitrogen and oxygen atoms in total. The summed E-state index contributed by atoms with van der Waals surface area (Å²) in [6.07, 6.45) is 4.16. The molecule has 1 fully saturated rings. The first-order valence-corrected chi connectivity index (χ1v) is 13.4. The summed E-state index contributed by atoms with van der Waals surface area (Å²) in [6.45, 7) is 4.78. The van der Waals surface area contributed by atoms with Crippen LogP contribution in [0.15, 0.2) is 48.5 Å². The number of hydrogen-bond donors (Lipinski definition) is 3. The third kappa shape index (κ3) is 9.87. The number of aliphatic hydroxyl groups is 2. The number of amides is 1. The highest BCUT2D eigenvalue weighted by molar-refractivity contribution is 5.76. The summed E-state index contributed by atoms with van der Waals surface area (Å²) in [7, 11) is 1.60. The first-order valence-electron chi connectivity index (χ1n) is 13.4. The van der Waals surface area contributed by atoms with Crippen molar-refractivity contribution in [1.82, 2.24) is 10.2 Å². The molecule has 1 aliphatic heterocycles. The van der Waals surface area contributed by atoms with Crippen molar-refractivity contribution in [2.45, 2.75) is 63.7 Å². The molecule has 1 heterocycles. The number of carbonyl (C=O) groups excluding carboxylic acids is 1. The summed E-state index contributed by atoms with van der Waals surface area (Å²) in [4.78, 5) is 14.8. The van der Waals surface area contributed by atoms with E-state index in [-0.39, 0.29) is 25.0 Å². The lowest BCUT2D eigenvalue weighted by Gasteiger charge is -2.29. The Bertz CT molecular complexity index is 921. The Morgan fingerprint density at radius 3 is 2.27 bits per heavy atom. The lowest BCUT2D eigenvalue weighted by molar-refractivity contribution is -0.123. The summed E-state index contributed by atoms with van der Waals surface area (Å²) in [5.41, 5.74) is 0.706. The first kappa shape index (κ1) is 28.8. The van der Waals surface area contributed by atoms with E-state index in [2.05, 4.69) is 17.1 Å². The molecule has 0 bridgehead atoms. The van der Waals surface area contributed by atoms with Crippen LogP contribution in [0.1, 0.15) is 57.1 Å². The minimum Gasteiger partial charge on any atom is -0.497 e. The topological polar surface area (TPSA) is 100 Å². The Morgan fingerprint density at radius 1 is 1.00 bits per heavy atom. The largest absolute Gasteiger partial charge is 0.497 e. The number of rotatable bonds is 16. The molecule has 0 spiro atoms. The fraction of sp³-hybridized carbons (Fsp3) is 0.552. The third-order valence-corrected chi connectivity index (χ3v) is 6.58. The summed E-state index contributed by atoms with van der Waals surface area (Å²) in [5.74, 6) is 1.96. The fourth-order valence-corrected chi connectivity index (χ4v) is 4.41. The summed E-state index contributed by atoms with van der Waals surface area (Å²) < 4.78 is 16.6. The van der Waals surface area contributed by atoms with Gasteiger partial charge in [-0.25, -0.2) is 0 Å². The molecule has 1 saturated heterocycles. The molecule has 1 amide bonds. The number of ether oxygens (including phenoxy) is 3. The van der Waals surface area contributed by atoms with Crippen LogP contribution >= 0.6 is 0 Å². The van der Waals surface area contributed by atoms with Crippen LogP contribution in [-0.2, 0) is 4.79 Å². The molecule has 2 aromatic carbocycles. The van der Waals surface area contributed by atoms with E-state index in [9.17, 15) is 15.0 Å². The summed E-state index contributed by atoms with van der Waals surface area (Å²) >= 11 is 0. The fourth-order valence-electron chi connectivity index (χ4n) is 4.41. The Hall–Kier alpha value is -2.81. The molecule has 8 heteroatoms. The Morgan fingerprint density at radius 2 is 1.65 bits per heavy atom. The van der Waals surface area contributed by atoms with Gasteiger partial charge in [-0.2, -0.15) is 0 Å². The van der Waals surface area contributed by atoms with Crippen molar-refractivity contribution in [1.29, 1.82) is 0 Å². The maximum absolute atomic E-state index is 12.8. The van der Waals surface area contributed by atoms with E-state index >= 15 is 0 Å². The summed E-state index contributed by atoms with van der Waals surface area (Å²) in [5, 5.41) is 24.1. The van der Waals surface area contributed by atoms with Gasteiger partial charge >= 0.3 is 0 Å². The van der Waals surface area contributed by atoms with Gasteiger partial charge in [0.15, 0.2) is 0 Å². The molecule has 1 aliphatic rings. The van der Waals surface area contributed by atoms with Gasteiger partial charge in [0.05, 0.1) is 38.9 Å². The lowest BCUT2D eigenvalue weighted by atomic mass is 10.0. The molecule has 37 heavy (non-hydrogen) atoms. The van der Waals surface area contributed by atoms with E-state index in [0.29, 0.717) is 37.4 Å². The van der Waals surface area contributed by atoms with Gasteiger partial charge in [0.25, 0.3) is 0 Å². The molecule has 3 unspecified atom stereocenters. The van der Waals surface area contributed by atoms with Crippen LogP contribution in [0.4, 0.5) is 0 Å². The third-order valence-electron chi connectivity index (χ3n) is 6.58. The van der Waals surface area contributed by atoms with Crippen LogP contribution in [0.3, 0.4) is 0 Å². The highest BCUT2D eigenvalue weighted by Gasteiger charge is 2.29. The first-order chi connectivity index (χ1) is 18.0. The number of aliphatic hydroxyl groups excluding tert-OH is 2. The number of β-amino-alcohol motifs (C(OH)–C–C–N with tert-alkyl or cyclic N) is 1. The predicted molar refractivity (Wildman–Crippen MR) is 143 cm³/mol. The maximum atomic E-state index is 12.8. The monoisotopic (exact) mass is 514 g/mol. The number of carbonyl (C=O) groups is 1. The van der Waals surface area contributed by atoms with E-state index < -0.39 is 12.1 Å². The van der Waals surface area contributed by atoms with Crippen LogP contribution < -0.4 is 19.5 Å². The predicted octanol–water partition coefficient (Wildman–Crippen LogP) is 3.71. The van der Waals surface area contributed by atoms with Crippen molar-refractivity contribution < 1.29 is 29.2 Å². The number of nitrogens with zero attached hydrogens (tertiary/aromatic N) is 1. The molecule has 0 aliphatic carbocycles. The number of nitrogens with one attached hydrogen (secondary N) is 1. The number of likely N-dealkylation sites (tertiary alicyclic amines) is 1. The van der Waals surface area contributed by atoms with E-state index in [1.807, 2.05) is 24.3 Å². The highest BCUT2D eigenvalue weighted by Crippen LogP contribution is 2.23. The smallest absolute Gasteiger partial charge is 0.223 e. The van der Waals surface area contributed by atoms with E-state index in [4.69, 9.17) is 14.2 Å². The molecule has 204 valence electrons. The van der Waals surface area contributed by atoms with Gasteiger partial charge in [-0.05, 0) is 54.8 Å². The van der Waals surface area contributed by atoms with Crippen LogP contribution in [0.5, 0.6) is 17.2 Å². The minimum atomic E-state index is -0.900. The number of unbranched alkanes of at least 4 members (excludes halogenated alkanes) is 3. The standard InChI is InChI=1S/C29H42N2O6/c1-3-4-5-6-18-36-25-9-7-22(8-10-25)29(34)27(21-31-17-15-23(32)20-31)30-28(33)16-19-37-26-13-11-24(35-2)12-14-26/h7-14,23,27,29,32,34H,3-6,15-21H2,1-2H3,(H,30,33). The van der Waals surface area contributed by atoms with Gasteiger partial charge in [-0.1, -0.05) is 38.3 Å². The van der Waals surface area contributed by atoms with Crippen LogP contribution in [-0.4, -0.2) is 73.1 Å². The van der Waals surface area contributed by atoms with Gasteiger partial charge in [-0.3, -0.25) is 9.69 Å². The molecular formula is C29H42N2O6. The molecule has 3 atom stereocenters. The van der Waals surface area contributed by atoms with Gasteiger partial charge in [0.2, 0.25) is 5.91 Å². The van der Waals surface area contributed by atoms with Crippen molar-refractivity contribution in [3.05, 3.63) is 54.1 Å². The highest BCUT2D eigenvalue weighted by atomic mass is 16.5. The average molecular weight is 515 g/mol. The summed E-state index contributed by atoms with van der Waals surface area (Å²) in [6, 6.07) is 14.1. The second-order valence-electron chi connectivity index (χ2n) is 9.57. The van der Waals surface area contributed by atoms with Crippen molar-refractivity contribution in [3.63, 3.8) is 0 Å². The van der Waals surface area contributed by atoms with E-state index in [1.54, 1.807) is 31.4 Å². The van der Waals surface area contributed by atoms with E-state index in [0.717, 1.165) is 30.9 Å². The van der Waals surface area contributed by atoms with Crippen LogP contribution in [0, 0.1) is 0 Å². The number of hydrogen-bond acceptors (Lipinski definition) is 7. The zero-order valence-corrected chi connectivity index (χ0v) is 22.1. The molecular weight excluding hydrogens is 472 g/mol. The minimum absolute atomic E-state index is 0.155.